The van der Waals surface area contributed by atoms with Crippen LogP contribution in [0.25, 0.3) is 0 Å². The smallest absolute Gasteiger partial charge is 0.421 e. The molecule has 9 nitrogen and oxygen atoms in total. The van der Waals surface area contributed by atoms with Crippen LogP contribution in [0.15, 0.2) is 60.7 Å². The lowest BCUT2D eigenvalue weighted by Gasteiger charge is -2.43. The standard InChI is InChI=1S/C29H40N2O7Si/c1-8-36-26(34)30-23-22(31(25(33)24(23)32)27(35)38-28(2,3)4)19-37-39(29(5,6)7,20-15-11-9-12-16-20)21-17-13-10-14-18-21/h9-18,26,30,32-34H,8,19H2,1-7H3. The highest BCUT2D eigenvalue weighted by Crippen LogP contribution is 2.43. The number of nitrogens with one attached hydrogen (secondary N) is 1. The van der Waals surface area contributed by atoms with Gasteiger partial charge in [0.05, 0.1) is 12.3 Å². The van der Waals surface area contributed by atoms with Gasteiger partial charge in [0.2, 0.25) is 18.0 Å². The van der Waals surface area contributed by atoms with Crippen LogP contribution in [0, 0.1) is 0 Å². The molecule has 1 unspecified atom stereocenters. The lowest BCUT2D eigenvalue weighted by Crippen LogP contribution is -2.66. The summed E-state index contributed by atoms with van der Waals surface area (Å²) < 4.78 is 18.5. The number of anilines is 1. The van der Waals surface area contributed by atoms with Crippen molar-refractivity contribution >= 4 is 30.5 Å². The number of rotatable bonds is 9. The predicted molar refractivity (Wildman–Crippen MR) is 153 cm³/mol. The summed E-state index contributed by atoms with van der Waals surface area (Å²) in [5, 5.41) is 36.3. The zero-order valence-electron chi connectivity index (χ0n) is 23.7. The molecule has 3 aromatic rings. The van der Waals surface area contributed by atoms with E-state index in [0.717, 1.165) is 14.9 Å². The fourth-order valence-corrected chi connectivity index (χ4v) is 9.16. The minimum atomic E-state index is -3.07. The van der Waals surface area contributed by atoms with E-state index in [1.54, 1.807) is 27.7 Å². The van der Waals surface area contributed by atoms with Crippen LogP contribution < -0.4 is 15.7 Å². The molecule has 0 aliphatic carbocycles. The number of benzene rings is 2. The molecule has 0 saturated heterocycles. The third kappa shape index (κ3) is 6.47. The van der Waals surface area contributed by atoms with Crippen LogP contribution in [0.1, 0.15) is 54.2 Å². The summed E-state index contributed by atoms with van der Waals surface area (Å²) in [5.41, 5.74) is -0.902. The van der Waals surface area contributed by atoms with Crippen LogP contribution >= 0.6 is 0 Å². The largest absolute Gasteiger partial charge is 0.502 e. The number of aliphatic hydroxyl groups is 1. The first-order chi connectivity index (χ1) is 18.2. The van der Waals surface area contributed by atoms with Gasteiger partial charge in [-0.1, -0.05) is 81.4 Å². The Morgan fingerprint density at radius 2 is 1.46 bits per heavy atom. The first-order valence-electron chi connectivity index (χ1n) is 12.9. The van der Waals surface area contributed by atoms with Gasteiger partial charge >= 0.3 is 6.09 Å². The van der Waals surface area contributed by atoms with Crippen LogP contribution in [0.4, 0.5) is 10.5 Å². The number of nitrogens with zero attached hydrogens (tertiary/aromatic N) is 1. The van der Waals surface area contributed by atoms with E-state index < -0.39 is 38.1 Å². The van der Waals surface area contributed by atoms with Gasteiger partial charge in [-0.3, -0.25) is 0 Å². The summed E-state index contributed by atoms with van der Waals surface area (Å²) in [6, 6.07) is 19.9. The van der Waals surface area contributed by atoms with Gasteiger partial charge in [0.1, 0.15) is 11.3 Å². The van der Waals surface area contributed by atoms with Crippen LogP contribution in [0.3, 0.4) is 0 Å². The van der Waals surface area contributed by atoms with Crippen molar-refractivity contribution in [2.45, 2.75) is 72.1 Å². The number of aromatic hydroxyl groups is 2. The van der Waals surface area contributed by atoms with Crippen molar-refractivity contribution in [2.24, 2.45) is 0 Å². The van der Waals surface area contributed by atoms with Gasteiger partial charge in [-0.25, -0.2) is 9.36 Å². The lowest BCUT2D eigenvalue weighted by molar-refractivity contribution is -0.0732. The molecule has 0 radical (unpaired) electrons. The highest BCUT2D eigenvalue weighted by molar-refractivity contribution is 6.99. The maximum absolute atomic E-state index is 13.2. The monoisotopic (exact) mass is 556 g/mol. The van der Waals surface area contributed by atoms with E-state index >= 15 is 0 Å². The summed E-state index contributed by atoms with van der Waals surface area (Å²) in [4.78, 5) is 13.2. The van der Waals surface area contributed by atoms with Crippen molar-refractivity contribution in [3.63, 3.8) is 0 Å². The minimum Gasteiger partial charge on any atom is -0.502 e. The van der Waals surface area contributed by atoms with Crippen molar-refractivity contribution < 1.29 is 34.0 Å². The topological polar surface area (TPSA) is 122 Å². The number of carbonyl (C=O) groups is 1. The molecular weight excluding hydrogens is 516 g/mol. The van der Waals surface area contributed by atoms with Crippen molar-refractivity contribution in [1.82, 2.24) is 4.57 Å². The lowest BCUT2D eigenvalue weighted by atomic mass is 10.2. The minimum absolute atomic E-state index is 0.0750. The first kappa shape index (κ1) is 30.2. The Morgan fingerprint density at radius 1 is 0.949 bits per heavy atom. The van der Waals surface area contributed by atoms with E-state index in [2.05, 4.69) is 26.1 Å². The average Bonchev–Trinajstić information content (AvgIpc) is 3.08. The molecule has 0 bridgehead atoms. The van der Waals surface area contributed by atoms with Gasteiger partial charge < -0.3 is 34.5 Å². The van der Waals surface area contributed by atoms with E-state index in [0.29, 0.717) is 0 Å². The highest BCUT2D eigenvalue weighted by atomic mass is 28.4. The van der Waals surface area contributed by atoms with Crippen molar-refractivity contribution in [2.75, 3.05) is 11.9 Å². The van der Waals surface area contributed by atoms with Gasteiger partial charge in [-0.15, -0.1) is 0 Å². The summed E-state index contributed by atoms with van der Waals surface area (Å²) >= 11 is 0. The second-order valence-corrected chi connectivity index (χ2v) is 15.5. The zero-order valence-corrected chi connectivity index (χ0v) is 24.7. The second kappa shape index (κ2) is 11.8. The predicted octanol–water partition coefficient (Wildman–Crippen LogP) is 4.48. The molecule has 1 aromatic heterocycles. The summed E-state index contributed by atoms with van der Waals surface area (Å²) in [6.45, 7) is 13.1. The first-order valence-corrected chi connectivity index (χ1v) is 14.8. The van der Waals surface area contributed by atoms with Gasteiger partial charge in [0, 0.05) is 6.61 Å². The third-order valence-electron chi connectivity index (χ3n) is 6.23. The van der Waals surface area contributed by atoms with Crippen molar-refractivity contribution in [1.29, 1.82) is 0 Å². The van der Waals surface area contributed by atoms with Crippen molar-refractivity contribution in [3.05, 3.63) is 66.4 Å². The SMILES string of the molecule is CCOC(O)Nc1c(O)c(O)n(C(=O)OC(C)(C)C)c1CO[Si](c1ccccc1)(c1ccccc1)C(C)(C)C. The molecule has 1 atom stereocenters. The Morgan fingerprint density at radius 3 is 1.90 bits per heavy atom. The van der Waals surface area contributed by atoms with E-state index in [-0.39, 0.29) is 29.6 Å². The molecule has 0 fully saturated rings. The summed E-state index contributed by atoms with van der Waals surface area (Å²) in [7, 11) is -3.07. The van der Waals surface area contributed by atoms with E-state index in [9.17, 15) is 20.1 Å². The highest BCUT2D eigenvalue weighted by Gasteiger charge is 2.50. The summed E-state index contributed by atoms with van der Waals surface area (Å²) in [6.07, 6.45) is -2.42. The molecule has 2 aromatic carbocycles. The molecule has 4 N–H and O–H groups in total. The normalized spacial score (nSPS) is 13.2. The van der Waals surface area contributed by atoms with Gasteiger partial charge in [-0.2, -0.15) is 0 Å². The zero-order chi connectivity index (χ0) is 29.0. The molecule has 39 heavy (non-hydrogen) atoms. The third-order valence-corrected chi connectivity index (χ3v) is 11.2. The quantitative estimate of drug-likeness (QED) is 0.225. The van der Waals surface area contributed by atoms with Gasteiger partial charge in [0.25, 0.3) is 8.32 Å². The van der Waals surface area contributed by atoms with Crippen LogP contribution in [0.5, 0.6) is 11.6 Å². The average molecular weight is 557 g/mol. The maximum Gasteiger partial charge on any atom is 0.421 e. The Labute approximate surface area is 231 Å². The Bertz CT molecular complexity index is 1210. The Balaban J connectivity index is 2.22. The number of aromatic nitrogens is 1. The van der Waals surface area contributed by atoms with Crippen LogP contribution in [0.2, 0.25) is 5.04 Å². The number of carbonyl (C=O) groups excluding carboxylic acids is 1. The molecule has 1 heterocycles. The molecule has 0 aliphatic heterocycles. The molecule has 0 saturated carbocycles. The number of ether oxygens (including phenoxy) is 2. The molecule has 3 rings (SSSR count). The number of hydrogen-bond donors (Lipinski definition) is 4. The van der Waals surface area contributed by atoms with Crippen molar-refractivity contribution in [3.8, 4) is 11.6 Å². The van der Waals surface area contributed by atoms with Crippen LogP contribution in [-0.4, -0.2) is 52.9 Å². The summed E-state index contributed by atoms with van der Waals surface area (Å²) in [5.74, 6) is -1.38. The molecule has 0 aliphatic rings. The molecule has 10 heteroatoms. The molecule has 0 amide bonds. The molecule has 0 spiro atoms. The fourth-order valence-electron chi connectivity index (χ4n) is 4.65. The number of hydrogen-bond acceptors (Lipinski definition) is 8. The Hall–Kier alpha value is -3.31. The fraction of sp³-hybridized carbons (Fsp3) is 0.414. The van der Waals surface area contributed by atoms with Crippen LogP contribution in [-0.2, 0) is 20.5 Å². The van der Waals surface area contributed by atoms with E-state index in [1.165, 1.54) is 0 Å². The van der Waals surface area contributed by atoms with E-state index in [4.69, 9.17) is 13.9 Å². The second-order valence-electron chi connectivity index (χ2n) is 11.2. The van der Waals surface area contributed by atoms with Gasteiger partial charge in [0.15, 0.2) is 0 Å². The Kier molecular flexibility index (Phi) is 9.17. The van der Waals surface area contributed by atoms with Gasteiger partial charge in [-0.05, 0) is 43.1 Å². The van der Waals surface area contributed by atoms with E-state index in [1.807, 2.05) is 60.7 Å². The molecule has 212 valence electrons. The maximum atomic E-state index is 13.2. The molecular formula is C29H40N2O7Si. The number of aliphatic hydroxyl groups excluding tert-OH is 1.